The Morgan fingerprint density at radius 2 is 1.10 bits per heavy atom. The molecule has 8 nitrogen and oxygen atoms in total. The van der Waals surface area contributed by atoms with Crippen molar-refractivity contribution < 1.29 is 45.6 Å². The number of rotatable bonds is 6. The molecule has 0 radical (unpaired) electrons. The van der Waals surface area contributed by atoms with Gasteiger partial charge < -0.3 is 0 Å². The van der Waals surface area contributed by atoms with Crippen molar-refractivity contribution in [2.24, 2.45) is 10.3 Å². The highest BCUT2D eigenvalue weighted by molar-refractivity contribution is 8.14. The van der Waals surface area contributed by atoms with Gasteiger partial charge in [0, 0.05) is 14.1 Å². The van der Waals surface area contributed by atoms with Crippen LogP contribution in [-0.4, -0.2) is 68.8 Å². The molecule has 0 atom stereocenters. The molecule has 0 bridgehead atoms. The molecule has 29 heavy (non-hydrogen) atoms. The average Bonchev–Trinajstić information content (AvgIpc) is 2.59. The van der Waals surface area contributed by atoms with Crippen LogP contribution in [0, 0.1) is 0 Å². The maximum Gasteiger partial charge on any atom is 0.447 e. The zero-order valence-corrected chi connectivity index (χ0v) is 17.8. The van der Waals surface area contributed by atoms with E-state index in [1.54, 1.807) is 0 Å². The van der Waals surface area contributed by atoms with Gasteiger partial charge in [-0.25, -0.2) is 18.2 Å². The fourth-order valence-electron chi connectivity index (χ4n) is 1.12. The maximum absolute atomic E-state index is 12.6. The third-order valence-corrected chi connectivity index (χ3v) is 4.74. The fraction of sp³-hybridized carbons (Fsp3) is 0.667. The van der Waals surface area contributed by atoms with E-state index >= 15 is 0 Å². The van der Waals surface area contributed by atoms with Gasteiger partial charge in [0.1, 0.15) is 0 Å². The molecule has 0 unspecified atom stereocenters. The van der Waals surface area contributed by atoms with E-state index in [1.165, 1.54) is 13.8 Å². The zero-order valence-electron chi connectivity index (χ0n) is 15.3. The Bertz CT molecular complexity index is 578. The van der Waals surface area contributed by atoms with Crippen LogP contribution in [0.2, 0.25) is 0 Å². The Labute approximate surface area is 174 Å². The van der Waals surface area contributed by atoms with Gasteiger partial charge in [-0.15, -0.1) is 0 Å². The smallest absolute Gasteiger partial charge is 0.296 e. The normalized spacial score (nSPS) is 13.2. The average molecular weight is 490 g/mol. The Morgan fingerprint density at radius 3 is 1.34 bits per heavy atom. The number of carbonyl (C=O) groups excluding carboxylic acids is 2. The minimum atomic E-state index is -4.82. The van der Waals surface area contributed by atoms with Crippen LogP contribution in [0.5, 0.6) is 0 Å². The third kappa shape index (κ3) is 10.7. The first-order valence-corrected chi connectivity index (χ1v) is 10.1. The summed E-state index contributed by atoms with van der Waals surface area (Å²) in [6, 6.07) is 0. The predicted molar refractivity (Wildman–Crippen MR) is 99.3 cm³/mol. The summed E-state index contributed by atoms with van der Waals surface area (Å²) in [5.74, 6) is 0.0393. The second-order valence-electron chi connectivity index (χ2n) is 4.45. The summed E-state index contributed by atoms with van der Waals surface area (Å²) in [5.41, 5.74) is 0. The van der Waals surface area contributed by atoms with Gasteiger partial charge in [0.15, 0.2) is 0 Å². The van der Waals surface area contributed by atoms with Crippen LogP contribution >= 0.6 is 35.7 Å². The SMILES string of the molecule is CCSC(=NOC(=O)N(C)SN(C)C(=O)ON=C(SCC)C(F)(F)F)C(F)(F)F. The number of halogens is 6. The predicted octanol–water partition coefficient (Wildman–Crippen LogP) is 4.94. The van der Waals surface area contributed by atoms with Gasteiger partial charge in [0.25, 0.3) is 0 Å². The Morgan fingerprint density at radius 1 is 0.793 bits per heavy atom. The van der Waals surface area contributed by atoms with Gasteiger partial charge in [-0.05, 0) is 11.5 Å². The van der Waals surface area contributed by atoms with Crippen molar-refractivity contribution in [1.29, 1.82) is 0 Å². The maximum atomic E-state index is 12.6. The molecule has 2 amide bonds. The van der Waals surface area contributed by atoms with Crippen molar-refractivity contribution >= 4 is 57.9 Å². The number of nitrogens with zero attached hydrogens (tertiary/aromatic N) is 4. The molecule has 0 rings (SSSR count). The van der Waals surface area contributed by atoms with E-state index in [9.17, 15) is 35.9 Å². The molecule has 17 heteroatoms. The second-order valence-corrected chi connectivity index (χ2v) is 8.21. The highest BCUT2D eigenvalue weighted by Gasteiger charge is 2.38. The molecule has 0 aromatic rings. The lowest BCUT2D eigenvalue weighted by Crippen LogP contribution is -2.30. The summed E-state index contributed by atoms with van der Waals surface area (Å²) >= 11 is 0.864. The van der Waals surface area contributed by atoms with Crippen molar-refractivity contribution in [1.82, 2.24) is 8.61 Å². The highest BCUT2D eigenvalue weighted by atomic mass is 32.2. The lowest BCUT2D eigenvalue weighted by molar-refractivity contribution is -0.0585. The van der Waals surface area contributed by atoms with Crippen LogP contribution in [0.1, 0.15) is 13.8 Å². The van der Waals surface area contributed by atoms with Crippen molar-refractivity contribution in [3.63, 3.8) is 0 Å². The first kappa shape index (κ1) is 27.5. The van der Waals surface area contributed by atoms with Crippen LogP contribution in [0.25, 0.3) is 0 Å². The van der Waals surface area contributed by atoms with Crippen molar-refractivity contribution in [2.45, 2.75) is 26.2 Å². The molecule has 0 saturated carbocycles. The summed E-state index contributed by atoms with van der Waals surface area (Å²) in [6.45, 7) is 2.87. The van der Waals surface area contributed by atoms with Crippen molar-refractivity contribution in [3.8, 4) is 0 Å². The van der Waals surface area contributed by atoms with Crippen LogP contribution in [0.4, 0.5) is 35.9 Å². The third-order valence-electron chi connectivity index (χ3n) is 2.22. The molecule has 0 heterocycles. The molecule has 168 valence electrons. The zero-order chi connectivity index (χ0) is 22.8. The molecule has 0 spiro atoms. The van der Waals surface area contributed by atoms with E-state index in [4.69, 9.17) is 0 Å². The first-order chi connectivity index (χ1) is 13.2. The van der Waals surface area contributed by atoms with Gasteiger partial charge in [-0.3, -0.25) is 9.68 Å². The number of amides is 2. The summed E-state index contributed by atoms with van der Waals surface area (Å²) in [5, 5.41) is 2.69. The van der Waals surface area contributed by atoms with Crippen LogP contribution in [-0.2, 0) is 9.68 Å². The molecular weight excluding hydrogens is 474 g/mol. The largest absolute Gasteiger partial charge is 0.447 e. The molecule has 0 N–H and O–H groups in total. The minimum Gasteiger partial charge on any atom is -0.296 e. The van der Waals surface area contributed by atoms with E-state index in [1.807, 2.05) is 0 Å². The summed E-state index contributed by atoms with van der Waals surface area (Å²) in [6.07, 6.45) is -12.4. The van der Waals surface area contributed by atoms with Crippen molar-refractivity contribution in [3.05, 3.63) is 0 Å². The second kappa shape index (κ2) is 12.3. The van der Waals surface area contributed by atoms with E-state index in [0.717, 1.165) is 14.1 Å². The topological polar surface area (TPSA) is 83.8 Å². The molecule has 0 fully saturated rings. The number of oxime groups is 2. The quantitative estimate of drug-likeness (QED) is 0.130. The minimum absolute atomic E-state index is 0.0197. The molecule has 0 aromatic carbocycles. The number of hydrogen-bond acceptors (Lipinski definition) is 9. The van der Waals surface area contributed by atoms with E-state index in [-0.39, 0.29) is 23.6 Å². The molecule has 0 aromatic heterocycles. The van der Waals surface area contributed by atoms with Gasteiger partial charge in [-0.1, -0.05) is 47.7 Å². The Kier molecular flexibility index (Phi) is 11.6. The van der Waals surface area contributed by atoms with Gasteiger partial charge >= 0.3 is 24.5 Å². The molecule has 0 aliphatic carbocycles. The Balaban J connectivity index is 4.88. The highest BCUT2D eigenvalue weighted by Crippen LogP contribution is 2.26. The molecular formula is C12H16F6N4O4S3. The number of alkyl halides is 6. The van der Waals surface area contributed by atoms with Gasteiger partial charge in [0.2, 0.25) is 10.1 Å². The van der Waals surface area contributed by atoms with Crippen molar-refractivity contribution in [2.75, 3.05) is 25.6 Å². The number of hydrogen-bond donors (Lipinski definition) is 0. The summed E-state index contributed by atoms with van der Waals surface area (Å²) in [7, 11) is 2.04. The Hall–Kier alpha value is -1.49. The molecule has 0 aliphatic heterocycles. The van der Waals surface area contributed by atoms with Gasteiger partial charge in [0.05, 0.1) is 12.1 Å². The van der Waals surface area contributed by atoms with Crippen LogP contribution in [0.15, 0.2) is 10.3 Å². The van der Waals surface area contributed by atoms with Gasteiger partial charge in [-0.2, -0.15) is 26.3 Å². The fourth-order valence-corrected chi connectivity index (χ4v) is 2.74. The van der Waals surface area contributed by atoms with E-state index < -0.39 is 34.6 Å². The molecule has 0 aliphatic rings. The number of carbonyl (C=O) groups is 2. The van der Waals surface area contributed by atoms with Crippen LogP contribution in [0.3, 0.4) is 0 Å². The first-order valence-electron chi connectivity index (χ1n) is 7.37. The lowest BCUT2D eigenvalue weighted by atomic mass is 10.7. The summed E-state index contributed by atoms with van der Waals surface area (Å²) in [4.78, 5) is 31.6. The standard InChI is InChI=1S/C12H16F6N4O4S3/c1-5-27-7(11(13,14)15)19-25-9(23)21(3)29-22(4)10(24)26-20-8(28-6-2)12(16,17)18/h5-6H2,1-4H3. The van der Waals surface area contributed by atoms with Crippen LogP contribution < -0.4 is 0 Å². The monoisotopic (exact) mass is 490 g/mol. The van der Waals surface area contributed by atoms with E-state index in [0.29, 0.717) is 32.1 Å². The molecule has 0 saturated heterocycles. The number of thioether (sulfide) groups is 2. The van der Waals surface area contributed by atoms with E-state index in [2.05, 4.69) is 20.0 Å². The lowest BCUT2D eigenvalue weighted by Gasteiger charge is -2.19. The summed E-state index contributed by atoms with van der Waals surface area (Å²) < 4.78 is 76.9.